The fraction of sp³-hybridized carbons (Fsp3) is 0.333. The number of likely N-dealkylation sites (tertiary alicyclic amines) is 1. The molecule has 1 aromatic carbocycles. The molecule has 26 heavy (non-hydrogen) atoms. The largest absolute Gasteiger partial charge is 0.351 e. The van der Waals surface area contributed by atoms with E-state index in [0.29, 0.717) is 24.8 Å². The van der Waals surface area contributed by atoms with Crippen LogP contribution in [-0.4, -0.2) is 44.3 Å². The summed E-state index contributed by atoms with van der Waals surface area (Å²) in [5, 5.41) is 11.4. The molecule has 3 heterocycles. The van der Waals surface area contributed by atoms with Gasteiger partial charge in [-0.3, -0.25) is 9.48 Å². The molecule has 0 saturated carbocycles. The first kappa shape index (κ1) is 16.3. The van der Waals surface area contributed by atoms with Crippen LogP contribution in [0.4, 0.5) is 5.95 Å². The third-order valence-electron chi connectivity index (χ3n) is 4.73. The summed E-state index contributed by atoms with van der Waals surface area (Å²) in [5.41, 5.74) is 1.91. The van der Waals surface area contributed by atoms with Crippen molar-refractivity contribution in [1.82, 2.24) is 24.8 Å². The van der Waals surface area contributed by atoms with Gasteiger partial charge in [0.15, 0.2) is 0 Å². The van der Waals surface area contributed by atoms with E-state index in [4.69, 9.17) is 4.52 Å². The molecule has 4 rings (SSSR count). The Labute approximate surface area is 150 Å². The molecule has 1 saturated heterocycles. The van der Waals surface area contributed by atoms with E-state index in [1.54, 1.807) is 9.58 Å². The molecule has 2 atom stereocenters. The van der Waals surface area contributed by atoms with Gasteiger partial charge in [-0.1, -0.05) is 18.2 Å². The van der Waals surface area contributed by atoms with Gasteiger partial charge in [-0.15, -0.1) is 0 Å². The molecule has 1 fully saturated rings. The lowest BCUT2D eigenvalue weighted by atomic mass is 9.96. The molecule has 8 heteroatoms. The minimum atomic E-state index is -0.0100. The van der Waals surface area contributed by atoms with Crippen LogP contribution in [0.15, 0.2) is 47.2 Å². The second-order valence-corrected chi connectivity index (χ2v) is 6.53. The van der Waals surface area contributed by atoms with E-state index in [1.807, 2.05) is 56.8 Å². The Hall–Kier alpha value is -3.16. The van der Waals surface area contributed by atoms with Crippen molar-refractivity contribution in [3.63, 3.8) is 0 Å². The van der Waals surface area contributed by atoms with E-state index in [9.17, 15) is 4.79 Å². The van der Waals surface area contributed by atoms with Crippen LogP contribution in [-0.2, 0) is 11.8 Å². The molecule has 2 aromatic heterocycles. The number of hydrogen-bond acceptors (Lipinski definition) is 6. The summed E-state index contributed by atoms with van der Waals surface area (Å²) < 4.78 is 7.06. The van der Waals surface area contributed by atoms with E-state index in [2.05, 4.69) is 20.6 Å². The number of aryl methyl sites for hydroxylation is 1. The van der Waals surface area contributed by atoms with E-state index < -0.39 is 0 Å². The van der Waals surface area contributed by atoms with Crippen molar-refractivity contribution in [1.29, 1.82) is 0 Å². The summed E-state index contributed by atoms with van der Waals surface area (Å²) >= 11 is 0. The van der Waals surface area contributed by atoms with Crippen molar-refractivity contribution in [3.05, 3.63) is 48.3 Å². The number of nitrogens with zero attached hydrogens (tertiary/aromatic N) is 5. The van der Waals surface area contributed by atoms with Gasteiger partial charge in [0.25, 0.3) is 11.8 Å². The van der Waals surface area contributed by atoms with Crippen molar-refractivity contribution in [3.8, 4) is 11.5 Å². The highest BCUT2D eigenvalue weighted by molar-refractivity contribution is 5.79. The molecule has 8 nitrogen and oxygen atoms in total. The maximum atomic E-state index is 12.2. The zero-order valence-electron chi connectivity index (χ0n) is 14.7. The topological polar surface area (TPSA) is 89.1 Å². The second-order valence-electron chi connectivity index (χ2n) is 6.53. The zero-order chi connectivity index (χ0) is 18.1. The van der Waals surface area contributed by atoms with Crippen molar-refractivity contribution in [2.75, 3.05) is 18.9 Å². The van der Waals surface area contributed by atoms with Gasteiger partial charge < -0.3 is 14.7 Å². The number of benzene rings is 1. The van der Waals surface area contributed by atoms with Crippen molar-refractivity contribution >= 4 is 11.9 Å². The molecule has 0 bridgehead atoms. The Kier molecular flexibility index (Phi) is 4.16. The summed E-state index contributed by atoms with van der Waals surface area (Å²) in [4.78, 5) is 18.4. The van der Waals surface area contributed by atoms with Gasteiger partial charge in [0.05, 0.1) is 12.2 Å². The van der Waals surface area contributed by atoms with Gasteiger partial charge in [-0.05, 0) is 17.3 Å². The summed E-state index contributed by atoms with van der Waals surface area (Å²) in [7, 11) is 3.71. The Bertz CT molecular complexity index is 903. The van der Waals surface area contributed by atoms with Crippen molar-refractivity contribution < 1.29 is 9.32 Å². The standard InChI is InChI=1S/C18H20N6O2/c1-23-11-14(10-20-23)16-13(8-15(25)24(16)2)9-19-18-21-17(26-22-18)12-6-4-3-5-7-12/h3-7,10-11,13,16H,8-9H2,1-2H3,(H,19,22)/t13-,16+/m0/s1. The zero-order valence-corrected chi connectivity index (χ0v) is 14.7. The van der Waals surface area contributed by atoms with Crippen LogP contribution >= 0.6 is 0 Å². The molecule has 0 aliphatic carbocycles. The molecular weight excluding hydrogens is 332 g/mol. The molecular formula is C18H20N6O2. The first-order valence-corrected chi connectivity index (χ1v) is 8.49. The average Bonchev–Trinajstić information content (AvgIpc) is 3.35. The number of amides is 1. The minimum Gasteiger partial charge on any atom is -0.351 e. The molecule has 3 aromatic rings. The molecule has 0 spiro atoms. The van der Waals surface area contributed by atoms with E-state index in [-0.39, 0.29) is 17.9 Å². The maximum Gasteiger partial charge on any atom is 0.263 e. The van der Waals surface area contributed by atoms with Crippen LogP contribution in [0.3, 0.4) is 0 Å². The molecule has 134 valence electrons. The first-order chi connectivity index (χ1) is 12.6. The summed E-state index contributed by atoms with van der Waals surface area (Å²) in [6, 6.07) is 9.60. The lowest BCUT2D eigenvalue weighted by Crippen LogP contribution is -2.26. The van der Waals surface area contributed by atoms with Gasteiger partial charge in [-0.25, -0.2) is 0 Å². The van der Waals surface area contributed by atoms with E-state index in [1.165, 1.54) is 0 Å². The maximum absolute atomic E-state index is 12.2. The number of carbonyl (C=O) groups excluding carboxylic acids is 1. The van der Waals surface area contributed by atoms with Gasteiger partial charge in [-0.2, -0.15) is 10.1 Å². The SMILES string of the molecule is CN1C(=O)C[C@@H](CNc2noc(-c3ccccc3)n2)[C@@H]1c1cnn(C)c1. The summed E-state index contributed by atoms with van der Waals surface area (Å²) in [6.07, 6.45) is 4.25. The number of nitrogens with one attached hydrogen (secondary N) is 1. The molecule has 1 amide bonds. The van der Waals surface area contributed by atoms with Gasteiger partial charge in [0, 0.05) is 50.3 Å². The molecule has 1 N–H and O–H groups in total. The average molecular weight is 352 g/mol. The normalized spacial score (nSPS) is 19.9. The highest BCUT2D eigenvalue weighted by Gasteiger charge is 2.39. The van der Waals surface area contributed by atoms with Crippen molar-refractivity contribution in [2.45, 2.75) is 12.5 Å². The lowest BCUT2D eigenvalue weighted by Gasteiger charge is -2.23. The van der Waals surface area contributed by atoms with Crippen LogP contribution < -0.4 is 5.32 Å². The molecule has 0 unspecified atom stereocenters. The predicted molar refractivity (Wildman–Crippen MR) is 95.0 cm³/mol. The summed E-state index contributed by atoms with van der Waals surface area (Å²) in [6.45, 7) is 0.573. The molecule has 1 aliphatic rings. The number of hydrogen-bond donors (Lipinski definition) is 1. The third-order valence-corrected chi connectivity index (χ3v) is 4.73. The fourth-order valence-corrected chi connectivity index (χ4v) is 3.44. The predicted octanol–water partition coefficient (Wildman–Crippen LogP) is 2.10. The van der Waals surface area contributed by atoms with Crippen LogP contribution in [0.2, 0.25) is 0 Å². The van der Waals surface area contributed by atoms with Crippen LogP contribution in [0.1, 0.15) is 18.0 Å². The summed E-state index contributed by atoms with van der Waals surface area (Å²) in [5.74, 6) is 1.13. The first-order valence-electron chi connectivity index (χ1n) is 8.49. The minimum absolute atomic E-state index is 0.0100. The van der Waals surface area contributed by atoms with E-state index in [0.717, 1.165) is 11.1 Å². The van der Waals surface area contributed by atoms with Gasteiger partial charge in [0.2, 0.25) is 5.91 Å². The Morgan fingerprint density at radius 1 is 1.27 bits per heavy atom. The smallest absolute Gasteiger partial charge is 0.263 e. The Morgan fingerprint density at radius 2 is 2.08 bits per heavy atom. The Balaban J connectivity index is 1.47. The molecule has 1 aliphatic heterocycles. The third kappa shape index (κ3) is 3.05. The van der Waals surface area contributed by atoms with Crippen LogP contribution in [0.5, 0.6) is 0 Å². The highest BCUT2D eigenvalue weighted by atomic mass is 16.5. The number of rotatable bonds is 5. The highest BCUT2D eigenvalue weighted by Crippen LogP contribution is 2.36. The monoisotopic (exact) mass is 352 g/mol. The number of anilines is 1. The quantitative estimate of drug-likeness (QED) is 0.756. The van der Waals surface area contributed by atoms with Gasteiger partial charge >= 0.3 is 0 Å². The fourth-order valence-electron chi connectivity index (χ4n) is 3.44. The van der Waals surface area contributed by atoms with Crippen LogP contribution in [0.25, 0.3) is 11.5 Å². The second kappa shape index (κ2) is 6.62. The number of carbonyl (C=O) groups is 1. The number of aromatic nitrogens is 4. The van der Waals surface area contributed by atoms with Crippen LogP contribution in [0, 0.1) is 5.92 Å². The van der Waals surface area contributed by atoms with Crippen molar-refractivity contribution in [2.24, 2.45) is 13.0 Å². The van der Waals surface area contributed by atoms with Gasteiger partial charge in [0.1, 0.15) is 0 Å². The lowest BCUT2D eigenvalue weighted by molar-refractivity contribution is -0.127. The van der Waals surface area contributed by atoms with E-state index >= 15 is 0 Å². The molecule has 0 radical (unpaired) electrons. The Morgan fingerprint density at radius 3 is 2.81 bits per heavy atom.